The van der Waals surface area contributed by atoms with E-state index in [1.54, 1.807) is 26.2 Å². The van der Waals surface area contributed by atoms with Gasteiger partial charge < -0.3 is 16.2 Å². The highest BCUT2D eigenvalue weighted by molar-refractivity contribution is 7.13. The van der Waals surface area contributed by atoms with Gasteiger partial charge in [-0.2, -0.15) is 0 Å². The minimum Gasteiger partial charge on any atom is -0.459 e. The number of aromatic nitrogens is 1. The van der Waals surface area contributed by atoms with Crippen LogP contribution in [0.25, 0.3) is 0 Å². The number of nitrogen functional groups attached to an aromatic ring is 1. The molecule has 16 heavy (non-hydrogen) atoms. The molecule has 0 aliphatic rings. The molecule has 0 amide bonds. The average molecular weight is 243 g/mol. The quantitative estimate of drug-likeness (QED) is 0.771. The van der Waals surface area contributed by atoms with E-state index >= 15 is 0 Å². The molecule has 0 saturated heterocycles. The van der Waals surface area contributed by atoms with E-state index in [0.29, 0.717) is 11.6 Å². The highest BCUT2D eigenvalue weighted by Gasteiger charge is 2.22. The summed E-state index contributed by atoms with van der Waals surface area (Å²) in [5, 5.41) is 2.27. The molecule has 0 saturated carbocycles. The normalized spacial score (nSPS) is 13.5. The van der Waals surface area contributed by atoms with Gasteiger partial charge in [0.1, 0.15) is 11.6 Å². The summed E-state index contributed by atoms with van der Waals surface area (Å²) in [5.74, 6) is -0.418. The van der Waals surface area contributed by atoms with Gasteiger partial charge in [-0.25, -0.2) is 4.98 Å². The van der Waals surface area contributed by atoms with Gasteiger partial charge >= 0.3 is 5.97 Å². The SMILES string of the molecule is CC(C)(C)OC(=O)C(N)Cc1csc(N)n1. The zero-order valence-electron chi connectivity index (χ0n) is 9.69. The summed E-state index contributed by atoms with van der Waals surface area (Å²) in [6.45, 7) is 5.41. The van der Waals surface area contributed by atoms with E-state index in [9.17, 15) is 4.79 Å². The van der Waals surface area contributed by atoms with Gasteiger partial charge in [-0.05, 0) is 20.8 Å². The average Bonchev–Trinajstić information content (AvgIpc) is 2.48. The van der Waals surface area contributed by atoms with E-state index in [1.165, 1.54) is 11.3 Å². The number of esters is 1. The molecular formula is C10H17N3O2S. The Morgan fingerprint density at radius 3 is 2.69 bits per heavy atom. The van der Waals surface area contributed by atoms with E-state index in [2.05, 4.69) is 4.98 Å². The van der Waals surface area contributed by atoms with Gasteiger partial charge in [-0.15, -0.1) is 11.3 Å². The zero-order valence-corrected chi connectivity index (χ0v) is 10.5. The van der Waals surface area contributed by atoms with E-state index in [1.807, 2.05) is 0 Å². The van der Waals surface area contributed by atoms with Gasteiger partial charge in [0.05, 0.1) is 5.69 Å². The Morgan fingerprint density at radius 2 is 2.25 bits per heavy atom. The van der Waals surface area contributed by atoms with Gasteiger partial charge in [0.25, 0.3) is 0 Å². The van der Waals surface area contributed by atoms with Crippen molar-refractivity contribution >= 4 is 22.4 Å². The Balaban J connectivity index is 2.52. The molecular weight excluding hydrogens is 226 g/mol. The molecule has 6 heteroatoms. The molecule has 0 aromatic carbocycles. The molecule has 4 N–H and O–H groups in total. The second-order valence-corrected chi connectivity index (χ2v) is 5.41. The molecule has 0 aliphatic carbocycles. The fourth-order valence-corrected chi connectivity index (χ4v) is 1.68. The lowest BCUT2D eigenvalue weighted by Crippen LogP contribution is -2.38. The lowest BCUT2D eigenvalue weighted by Gasteiger charge is -2.21. The second kappa shape index (κ2) is 4.80. The predicted molar refractivity (Wildman–Crippen MR) is 64.1 cm³/mol. The number of carbonyl (C=O) groups is 1. The number of hydrogen-bond donors (Lipinski definition) is 2. The molecule has 0 fully saturated rings. The molecule has 90 valence electrons. The van der Waals surface area contributed by atoms with Gasteiger partial charge in [-0.3, -0.25) is 4.79 Å². The van der Waals surface area contributed by atoms with Gasteiger partial charge in [0, 0.05) is 11.8 Å². The molecule has 1 unspecified atom stereocenters. The lowest BCUT2D eigenvalue weighted by molar-refractivity contribution is -0.156. The fourth-order valence-electron chi connectivity index (χ4n) is 1.10. The Bertz CT molecular complexity index is 370. The van der Waals surface area contributed by atoms with Crippen LogP contribution in [0.5, 0.6) is 0 Å². The van der Waals surface area contributed by atoms with Crippen molar-refractivity contribution in [1.29, 1.82) is 0 Å². The third kappa shape index (κ3) is 4.16. The molecule has 0 radical (unpaired) electrons. The van der Waals surface area contributed by atoms with E-state index in [0.717, 1.165) is 5.69 Å². The maximum atomic E-state index is 11.6. The zero-order chi connectivity index (χ0) is 12.3. The van der Waals surface area contributed by atoms with Crippen LogP contribution < -0.4 is 11.5 Å². The van der Waals surface area contributed by atoms with Crippen molar-refractivity contribution < 1.29 is 9.53 Å². The van der Waals surface area contributed by atoms with Crippen LogP contribution in [0.4, 0.5) is 5.13 Å². The molecule has 1 heterocycles. The fraction of sp³-hybridized carbons (Fsp3) is 0.600. The summed E-state index contributed by atoms with van der Waals surface area (Å²) >= 11 is 1.33. The standard InChI is InChI=1S/C10H17N3O2S/c1-10(2,3)15-8(14)7(11)4-6-5-16-9(12)13-6/h5,7H,4,11H2,1-3H3,(H2,12,13). The van der Waals surface area contributed by atoms with Crippen LogP contribution >= 0.6 is 11.3 Å². The maximum absolute atomic E-state index is 11.6. The molecule has 5 nitrogen and oxygen atoms in total. The van der Waals surface area contributed by atoms with Crippen molar-refractivity contribution in [1.82, 2.24) is 4.98 Å². The molecule has 0 aliphatic heterocycles. The van der Waals surface area contributed by atoms with Crippen molar-refractivity contribution in [2.24, 2.45) is 5.73 Å². The van der Waals surface area contributed by atoms with E-state index in [4.69, 9.17) is 16.2 Å². The summed E-state index contributed by atoms with van der Waals surface area (Å²) in [5.41, 5.74) is 11.4. The van der Waals surface area contributed by atoms with Crippen molar-refractivity contribution in [2.75, 3.05) is 5.73 Å². The number of thiazole rings is 1. The summed E-state index contributed by atoms with van der Waals surface area (Å²) < 4.78 is 5.16. The summed E-state index contributed by atoms with van der Waals surface area (Å²) in [4.78, 5) is 15.6. The number of hydrogen-bond acceptors (Lipinski definition) is 6. The third-order valence-corrected chi connectivity index (χ3v) is 2.43. The van der Waals surface area contributed by atoms with E-state index in [-0.39, 0.29) is 0 Å². The number of rotatable bonds is 3. The first-order valence-corrected chi connectivity index (χ1v) is 5.84. The molecule has 1 atom stereocenters. The number of carbonyl (C=O) groups excluding carboxylic acids is 1. The van der Waals surface area contributed by atoms with Crippen LogP contribution in [0.3, 0.4) is 0 Å². The summed E-state index contributed by atoms with van der Waals surface area (Å²) in [7, 11) is 0. The summed E-state index contributed by atoms with van der Waals surface area (Å²) in [6, 6.07) is -0.694. The Kier molecular flexibility index (Phi) is 3.88. The first kappa shape index (κ1) is 12.9. The molecule has 0 spiro atoms. The smallest absolute Gasteiger partial charge is 0.323 e. The minimum atomic E-state index is -0.694. The number of nitrogens with two attached hydrogens (primary N) is 2. The first-order chi connectivity index (χ1) is 7.28. The Labute approximate surface area is 98.8 Å². The highest BCUT2D eigenvalue weighted by atomic mass is 32.1. The molecule has 1 aromatic heterocycles. The number of anilines is 1. The predicted octanol–water partition coefficient (Wildman–Crippen LogP) is 0.937. The summed E-state index contributed by atoms with van der Waals surface area (Å²) in [6.07, 6.45) is 0.350. The largest absolute Gasteiger partial charge is 0.459 e. The van der Waals surface area contributed by atoms with Crippen molar-refractivity contribution in [3.05, 3.63) is 11.1 Å². The third-order valence-electron chi connectivity index (χ3n) is 1.71. The van der Waals surface area contributed by atoms with Gasteiger partial charge in [0.2, 0.25) is 0 Å². The molecule has 1 rings (SSSR count). The lowest BCUT2D eigenvalue weighted by atomic mass is 10.1. The molecule has 0 bridgehead atoms. The Hall–Kier alpha value is -1.14. The number of nitrogens with zero attached hydrogens (tertiary/aromatic N) is 1. The van der Waals surface area contributed by atoms with Crippen molar-refractivity contribution in [3.63, 3.8) is 0 Å². The van der Waals surface area contributed by atoms with Gasteiger partial charge in [0.15, 0.2) is 5.13 Å². The van der Waals surface area contributed by atoms with Crippen LogP contribution in [-0.4, -0.2) is 22.6 Å². The van der Waals surface area contributed by atoms with Crippen LogP contribution in [-0.2, 0) is 16.0 Å². The maximum Gasteiger partial charge on any atom is 0.323 e. The van der Waals surface area contributed by atoms with Crippen LogP contribution in [0.1, 0.15) is 26.5 Å². The van der Waals surface area contributed by atoms with Crippen LogP contribution in [0.15, 0.2) is 5.38 Å². The first-order valence-electron chi connectivity index (χ1n) is 4.96. The minimum absolute atomic E-state index is 0.350. The van der Waals surface area contributed by atoms with Crippen molar-refractivity contribution in [2.45, 2.75) is 38.8 Å². The monoisotopic (exact) mass is 243 g/mol. The van der Waals surface area contributed by atoms with E-state index < -0.39 is 17.6 Å². The highest BCUT2D eigenvalue weighted by Crippen LogP contribution is 2.14. The Morgan fingerprint density at radius 1 is 1.62 bits per heavy atom. The van der Waals surface area contributed by atoms with Gasteiger partial charge in [-0.1, -0.05) is 0 Å². The van der Waals surface area contributed by atoms with Crippen LogP contribution in [0.2, 0.25) is 0 Å². The number of ether oxygens (including phenoxy) is 1. The topological polar surface area (TPSA) is 91.2 Å². The van der Waals surface area contributed by atoms with Crippen LogP contribution in [0, 0.1) is 0 Å². The molecule has 1 aromatic rings. The van der Waals surface area contributed by atoms with Crippen molar-refractivity contribution in [3.8, 4) is 0 Å². The second-order valence-electron chi connectivity index (χ2n) is 4.52.